The van der Waals surface area contributed by atoms with Gasteiger partial charge in [-0.05, 0) is 54.4 Å². The molecule has 1 atom stereocenters. The minimum absolute atomic E-state index is 0.0926. The van der Waals surface area contributed by atoms with E-state index in [1.54, 1.807) is 7.11 Å². The smallest absolute Gasteiger partial charge is 0.119 e. The molecule has 2 aromatic carbocycles. The molecule has 0 saturated heterocycles. The number of methoxy groups -OCH3 is 1. The molecule has 1 unspecified atom stereocenters. The van der Waals surface area contributed by atoms with Gasteiger partial charge in [-0.2, -0.15) is 0 Å². The Morgan fingerprint density at radius 3 is 2.67 bits per heavy atom. The minimum atomic E-state index is 0.0926. The molecule has 0 spiro atoms. The Balaban J connectivity index is 2.41. The highest BCUT2D eigenvalue weighted by Crippen LogP contribution is 2.29. The van der Waals surface area contributed by atoms with Crippen molar-refractivity contribution in [2.75, 3.05) is 13.7 Å². The van der Waals surface area contributed by atoms with Crippen LogP contribution >= 0.6 is 27.5 Å². The van der Waals surface area contributed by atoms with Gasteiger partial charge in [0.1, 0.15) is 5.75 Å². The third-order valence-electron chi connectivity index (χ3n) is 3.24. The summed E-state index contributed by atoms with van der Waals surface area (Å²) < 4.78 is 6.31. The van der Waals surface area contributed by atoms with Crippen LogP contribution in [0.25, 0.3) is 0 Å². The highest BCUT2D eigenvalue weighted by molar-refractivity contribution is 9.10. The first-order chi connectivity index (χ1) is 10.1. The summed E-state index contributed by atoms with van der Waals surface area (Å²) in [7, 11) is 1.68. The van der Waals surface area contributed by atoms with Crippen LogP contribution in [0.5, 0.6) is 5.75 Å². The number of rotatable bonds is 6. The largest absolute Gasteiger partial charge is 0.497 e. The maximum atomic E-state index is 6.19. The monoisotopic (exact) mass is 367 g/mol. The van der Waals surface area contributed by atoms with E-state index in [1.807, 2.05) is 24.3 Å². The van der Waals surface area contributed by atoms with E-state index in [0.29, 0.717) is 0 Å². The lowest BCUT2D eigenvalue weighted by molar-refractivity contribution is 0.413. The molecule has 2 aromatic rings. The summed E-state index contributed by atoms with van der Waals surface area (Å²) >= 11 is 9.71. The molecule has 0 aliphatic heterocycles. The highest BCUT2D eigenvalue weighted by Gasteiger charge is 2.15. The predicted molar refractivity (Wildman–Crippen MR) is 92.3 cm³/mol. The van der Waals surface area contributed by atoms with Gasteiger partial charge in [-0.1, -0.05) is 46.6 Å². The van der Waals surface area contributed by atoms with Gasteiger partial charge in [-0.25, -0.2) is 0 Å². The second kappa shape index (κ2) is 7.83. The van der Waals surface area contributed by atoms with Crippen molar-refractivity contribution in [3.05, 3.63) is 63.1 Å². The molecular weight excluding hydrogens is 350 g/mol. The van der Waals surface area contributed by atoms with Gasteiger partial charge in [0.25, 0.3) is 0 Å². The lowest BCUT2D eigenvalue weighted by Crippen LogP contribution is -2.23. The van der Waals surface area contributed by atoms with Gasteiger partial charge >= 0.3 is 0 Å². The molecule has 0 saturated carbocycles. The Kier molecular flexibility index (Phi) is 6.09. The average Bonchev–Trinajstić information content (AvgIpc) is 2.47. The van der Waals surface area contributed by atoms with Gasteiger partial charge in [-0.15, -0.1) is 0 Å². The average molecular weight is 369 g/mol. The summed E-state index contributed by atoms with van der Waals surface area (Å²) in [5, 5.41) is 4.30. The topological polar surface area (TPSA) is 21.3 Å². The van der Waals surface area contributed by atoms with E-state index in [1.165, 1.54) is 0 Å². The van der Waals surface area contributed by atoms with Crippen molar-refractivity contribution in [1.82, 2.24) is 5.32 Å². The Morgan fingerprint density at radius 1 is 1.19 bits per heavy atom. The molecule has 0 aromatic heterocycles. The molecule has 0 heterocycles. The normalized spacial score (nSPS) is 12.2. The second-order valence-electron chi connectivity index (χ2n) is 4.87. The molecule has 21 heavy (non-hydrogen) atoms. The minimum Gasteiger partial charge on any atom is -0.497 e. The molecule has 1 N–H and O–H groups in total. The van der Waals surface area contributed by atoms with Crippen molar-refractivity contribution in [3.63, 3.8) is 0 Å². The molecule has 0 bridgehead atoms. The predicted octanol–water partition coefficient (Wildman–Crippen LogP) is 5.20. The lowest BCUT2D eigenvalue weighted by Gasteiger charge is -2.21. The zero-order chi connectivity index (χ0) is 15.2. The van der Waals surface area contributed by atoms with E-state index < -0.39 is 0 Å². The number of hydrogen-bond acceptors (Lipinski definition) is 2. The van der Waals surface area contributed by atoms with E-state index in [-0.39, 0.29) is 6.04 Å². The summed E-state index contributed by atoms with van der Waals surface area (Å²) in [4.78, 5) is 0. The van der Waals surface area contributed by atoms with Crippen molar-refractivity contribution >= 4 is 27.5 Å². The number of benzene rings is 2. The fraction of sp³-hybridized carbons (Fsp3) is 0.294. The van der Waals surface area contributed by atoms with E-state index in [0.717, 1.165) is 39.3 Å². The van der Waals surface area contributed by atoms with Crippen LogP contribution in [0.1, 0.15) is 30.5 Å². The highest BCUT2D eigenvalue weighted by atomic mass is 79.9. The third kappa shape index (κ3) is 4.47. The van der Waals surface area contributed by atoms with Gasteiger partial charge in [0.05, 0.1) is 13.2 Å². The van der Waals surface area contributed by atoms with Gasteiger partial charge in [0, 0.05) is 9.50 Å². The van der Waals surface area contributed by atoms with Crippen LogP contribution in [0.15, 0.2) is 46.9 Å². The number of nitrogens with one attached hydrogen (secondary N) is 1. The molecule has 112 valence electrons. The van der Waals surface area contributed by atoms with Crippen LogP contribution in [0.2, 0.25) is 5.02 Å². The van der Waals surface area contributed by atoms with Crippen molar-refractivity contribution < 1.29 is 4.74 Å². The van der Waals surface area contributed by atoms with Crippen molar-refractivity contribution in [1.29, 1.82) is 0 Å². The zero-order valence-electron chi connectivity index (χ0n) is 12.2. The van der Waals surface area contributed by atoms with Crippen molar-refractivity contribution in [2.45, 2.75) is 19.4 Å². The molecule has 0 radical (unpaired) electrons. The molecule has 2 rings (SSSR count). The quantitative estimate of drug-likeness (QED) is 0.756. The van der Waals surface area contributed by atoms with Crippen LogP contribution in [0.4, 0.5) is 0 Å². The van der Waals surface area contributed by atoms with E-state index in [9.17, 15) is 0 Å². The SMILES string of the molecule is CCCNC(c1cc(Cl)cc(Br)c1)c1cccc(OC)c1. The summed E-state index contributed by atoms with van der Waals surface area (Å²) in [6, 6.07) is 14.2. The number of halogens is 2. The number of ether oxygens (including phenoxy) is 1. The first-order valence-corrected chi connectivity index (χ1v) is 8.14. The van der Waals surface area contributed by atoms with Crippen LogP contribution in [-0.4, -0.2) is 13.7 Å². The number of hydrogen-bond donors (Lipinski definition) is 1. The van der Waals surface area contributed by atoms with E-state index in [4.69, 9.17) is 16.3 Å². The van der Waals surface area contributed by atoms with Crippen LogP contribution in [0, 0.1) is 0 Å². The van der Waals surface area contributed by atoms with Crippen molar-refractivity contribution in [3.8, 4) is 5.75 Å². The summed E-state index contributed by atoms with van der Waals surface area (Å²) in [5.74, 6) is 0.858. The molecule has 0 fully saturated rings. The van der Waals surface area contributed by atoms with Crippen molar-refractivity contribution in [2.24, 2.45) is 0 Å². The van der Waals surface area contributed by atoms with Gasteiger partial charge in [-0.3, -0.25) is 0 Å². The third-order valence-corrected chi connectivity index (χ3v) is 3.92. The Morgan fingerprint density at radius 2 is 2.00 bits per heavy atom. The van der Waals surface area contributed by atoms with Crippen LogP contribution < -0.4 is 10.1 Å². The van der Waals surface area contributed by atoms with Gasteiger partial charge in [0.2, 0.25) is 0 Å². The molecule has 0 aliphatic rings. The summed E-state index contributed by atoms with van der Waals surface area (Å²) in [6.45, 7) is 3.09. The first kappa shape index (κ1) is 16.3. The molecule has 2 nitrogen and oxygen atoms in total. The maximum absolute atomic E-state index is 6.19. The molecule has 4 heteroatoms. The fourth-order valence-corrected chi connectivity index (χ4v) is 3.17. The molecule has 0 aliphatic carbocycles. The first-order valence-electron chi connectivity index (χ1n) is 6.97. The van der Waals surface area contributed by atoms with Crippen LogP contribution in [-0.2, 0) is 0 Å². The maximum Gasteiger partial charge on any atom is 0.119 e. The Labute approximate surface area is 139 Å². The Hall–Kier alpha value is -1.03. The van der Waals surface area contributed by atoms with Gasteiger partial charge in [0.15, 0.2) is 0 Å². The second-order valence-corrected chi connectivity index (χ2v) is 6.22. The Bertz CT molecular complexity index is 583. The fourth-order valence-electron chi connectivity index (χ4n) is 2.28. The standard InChI is InChI=1S/C17H19BrClNO/c1-3-7-20-17(12-5-4-6-16(10-12)21-2)13-8-14(18)11-15(19)9-13/h4-6,8-11,17,20H,3,7H2,1-2H3. The summed E-state index contributed by atoms with van der Waals surface area (Å²) in [5.41, 5.74) is 2.30. The van der Waals surface area contributed by atoms with E-state index in [2.05, 4.69) is 46.4 Å². The molecular formula is C17H19BrClNO. The van der Waals surface area contributed by atoms with Gasteiger partial charge < -0.3 is 10.1 Å². The summed E-state index contributed by atoms with van der Waals surface area (Å²) in [6.07, 6.45) is 1.07. The lowest BCUT2D eigenvalue weighted by atomic mass is 9.98. The molecule has 0 amide bonds. The van der Waals surface area contributed by atoms with E-state index >= 15 is 0 Å². The van der Waals surface area contributed by atoms with Crippen LogP contribution in [0.3, 0.4) is 0 Å². The zero-order valence-corrected chi connectivity index (χ0v) is 14.5.